The van der Waals surface area contributed by atoms with E-state index < -0.39 is 18.0 Å². The highest BCUT2D eigenvalue weighted by Gasteiger charge is 2.43. The van der Waals surface area contributed by atoms with Crippen LogP contribution in [-0.4, -0.2) is 59.9 Å². The zero-order valence-corrected chi connectivity index (χ0v) is 15.3. The number of nitrogens with zero attached hydrogens (tertiary/aromatic N) is 2. The van der Waals surface area contributed by atoms with Crippen molar-refractivity contribution in [2.75, 3.05) is 31.5 Å². The van der Waals surface area contributed by atoms with E-state index in [2.05, 4.69) is 5.32 Å². The van der Waals surface area contributed by atoms with Crippen LogP contribution in [0.2, 0.25) is 0 Å². The summed E-state index contributed by atoms with van der Waals surface area (Å²) < 4.78 is 37.5. The molecule has 0 radical (unpaired) electrons. The quantitative estimate of drug-likeness (QED) is 0.853. The second-order valence-corrected chi connectivity index (χ2v) is 7.13. The maximum absolute atomic E-state index is 12.5. The van der Waals surface area contributed by atoms with Gasteiger partial charge in [-0.1, -0.05) is 6.07 Å². The van der Waals surface area contributed by atoms with Gasteiger partial charge in [0.15, 0.2) is 0 Å². The summed E-state index contributed by atoms with van der Waals surface area (Å²) >= 11 is 0. The van der Waals surface area contributed by atoms with Gasteiger partial charge in [-0.2, -0.15) is 13.2 Å². The van der Waals surface area contributed by atoms with Crippen LogP contribution in [0.1, 0.15) is 36.0 Å². The molecule has 3 amide bonds. The molecule has 2 aliphatic heterocycles. The average Bonchev–Trinajstić information content (AvgIpc) is 3.21. The molecule has 0 bridgehead atoms. The summed E-state index contributed by atoms with van der Waals surface area (Å²) in [6.07, 6.45) is -2.59. The van der Waals surface area contributed by atoms with Crippen molar-refractivity contribution >= 4 is 23.4 Å². The minimum absolute atomic E-state index is 0.0763. The minimum atomic E-state index is -4.89. The molecule has 0 unspecified atom stereocenters. The lowest BCUT2D eigenvalue weighted by atomic mass is 9.95. The van der Waals surface area contributed by atoms with Gasteiger partial charge in [-0.25, -0.2) is 0 Å². The van der Waals surface area contributed by atoms with Gasteiger partial charge < -0.3 is 15.1 Å². The molecule has 6 nitrogen and oxygen atoms in total. The lowest BCUT2D eigenvalue weighted by Gasteiger charge is -2.31. The Hall–Kier alpha value is -2.58. The molecule has 28 heavy (non-hydrogen) atoms. The number of piperidine rings is 1. The van der Waals surface area contributed by atoms with E-state index >= 15 is 0 Å². The lowest BCUT2D eigenvalue weighted by Crippen LogP contribution is -2.46. The smallest absolute Gasteiger partial charge is 0.339 e. The molecule has 1 N–H and O–H groups in total. The summed E-state index contributed by atoms with van der Waals surface area (Å²) in [5, 5.41) is 2.74. The van der Waals surface area contributed by atoms with E-state index in [1.807, 2.05) is 0 Å². The number of alkyl halides is 3. The van der Waals surface area contributed by atoms with Gasteiger partial charge in [0.25, 0.3) is 5.91 Å². The van der Waals surface area contributed by atoms with Gasteiger partial charge in [0, 0.05) is 43.3 Å². The van der Waals surface area contributed by atoms with E-state index in [4.69, 9.17) is 0 Å². The number of anilines is 1. The fourth-order valence-electron chi connectivity index (χ4n) is 3.60. The van der Waals surface area contributed by atoms with Gasteiger partial charge in [0.2, 0.25) is 5.91 Å². The van der Waals surface area contributed by atoms with Crippen LogP contribution in [0, 0.1) is 5.92 Å². The van der Waals surface area contributed by atoms with E-state index in [0.717, 1.165) is 30.8 Å². The molecule has 9 heteroatoms. The molecular weight excluding hydrogens is 375 g/mol. The zero-order valence-electron chi connectivity index (χ0n) is 15.3. The van der Waals surface area contributed by atoms with E-state index in [1.54, 1.807) is 29.2 Å². The number of hydrogen-bond donors (Lipinski definition) is 1. The largest absolute Gasteiger partial charge is 0.471 e. The molecule has 1 aromatic carbocycles. The highest BCUT2D eigenvalue weighted by atomic mass is 19.4. The number of benzene rings is 1. The van der Waals surface area contributed by atoms with Crippen LogP contribution in [0.4, 0.5) is 18.9 Å². The molecule has 2 fully saturated rings. The molecule has 2 saturated heterocycles. The van der Waals surface area contributed by atoms with E-state index in [-0.39, 0.29) is 37.7 Å². The summed E-state index contributed by atoms with van der Waals surface area (Å²) in [5.74, 6) is -2.73. The minimum Gasteiger partial charge on any atom is -0.339 e. The fourth-order valence-corrected chi connectivity index (χ4v) is 3.60. The van der Waals surface area contributed by atoms with E-state index in [1.165, 1.54) is 0 Å². The van der Waals surface area contributed by atoms with Crippen LogP contribution in [0.25, 0.3) is 0 Å². The first-order valence-electron chi connectivity index (χ1n) is 9.32. The van der Waals surface area contributed by atoms with Crippen molar-refractivity contribution < 1.29 is 27.6 Å². The van der Waals surface area contributed by atoms with Crippen molar-refractivity contribution in [3.05, 3.63) is 29.8 Å². The predicted octanol–water partition coefficient (Wildman–Crippen LogP) is 2.66. The first-order chi connectivity index (χ1) is 13.3. The SMILES string of the molecule is O=C(Nc1cccc(C(=O)N2CCCC2)c1)C1CCN(C(=O)C(F)(F)F)CC1. The van der Waals surface area contributed by atoms with Crippen molar-refractivity contribution in [1.29, 1.82) is 0 Å². The van der Waals surface area contributed by atoms with Crippen molar-refractivity contribution in [2.45, 2.75) is 31.9 Å². The number of likely N-dealkylation sites (tertiary alicyclic amines) is 2. The molecule has 1 aromatic rings. The van der Waals surface area contributed by atoms with Crippen LogP contribution < -0.4 is 5.32 Å². The lowest BCUT2D eigenvalue weighted by molar-refractivity contribution is -0.186. The standard InChI is InChI=1S/C19H22F3N3O3/c20-19(21,22)18(28)25-10-6-13(7-11-25)16(26)23-15-5-3-4-14(12-15)17(27)24-8-1-2-9-24/h3-5,12-13H,1-2,6-11H2,(H,23,26). The van der Waals surface area contributed by atoms with Crippen molar-refractivity contribution in [3.63, 3.8) is 0 Å². The Bertz CT molecular complexity index is 752. The molecular formula is C19H22F3N3O3. The van der Waals surface area contributed by atoms with Crippen LogP contribution >= 0.6 is 0 Å². The summed E-state index contributed by atoms with van der Waals surface area (Å²) in [7, 11) is 0. The van der Waals surface area contributed by atoms with Crippen LogP contribution in [-0.2, 0) is 9.59 Å². The number of rotatable bonds is 3. The normalized spacial score (nSPS) is 18.2. The molecule has 0 saturated carbocycles. The third-order valence-corrected chi connectivity index (χ3v) is 5.17. The summed E-state index contributed by atoms with van der Waals surface area (Å²) in [4.78, 5) is 38.7. The molecule has 0 atom stereocenters. The van der Waals surface area contributed by atoms with Crippen LogP contribution in [0.3, 0.4) is 0 Å². The van der Waals surface area contributed by atoms with E-state index in [0.29, 0.717) is 11.3 Å². The topological polar surface area (TPSA) is 69.7 Å². The molecule has 152 valence electrons. The molecule has 0 spiro atoms. The van der Waals surface area contributed by atoms with Crippen LogP contribution in [0.15, 0.2) is 24.3 Å². The number of nitrogens with one attached hydrogen (secondary N) is 1. The van der Waals surface area contributed by atoms with Gasteiger partial charge in [0.1, 0.15) is 0 Å². The molecule has 0 aliphatic carbocycles. The third kappa shape index (κ3) is 4.63. The predicted molar refractivity (Wildman–Crippen MR) is 95.6 cm³/mol. The Balaban J connectivity index is 1.56. The maximum Gasteiger partial charge on any atom is 0.471 e. The average molecular weight is 397 g/mol. The van der Waals surface area contributed by atoms with Crippen molar-refractivity contribution in [3.8, 4) is 0 Å². The van der Waals surface area contributed by atoms with Gasteiger partial charge in [0.05, 0.1) is 0 Å². The van der Waals surface area contributed by atoms with Crippen LogP contribution in [0.5, 0.6) is 0 Å². The Morgan fingerprint density at radius 2 is 1.61 bits per heavy atom. The van der Waals surface area contributed by atoms with Gasteiger partial charge in [-0.05, 0) is 43.9 Å². The summed E-state index contributed by atoms with van der Waals surface area (Å²) in [6, 6.07) is 6.66. The third-order valence-electron chi connectivity index (χ3n) is 5.17. The number of hydrogen-bond acceptors (Lipinski definition) is 3. The monoisotopic (exact) mass is 397 g/mol. The number of carbonyl (C=O) groups excluding carboxylic acids is 3. The molecule has 2 heterocycles. The molecule has 3 rings (SSSR count). The summed E-state index contributed by atoms with van der Waals surface area (Å²) in [5.41, 5.74) is 0.967. The fraction of sp³-hybridized carbons (Fsp3) is 0.526. The Morgan fingerprint density at radius 3 is 2.21 bits per heavy atom. The number of halogens is 3. The molecule has 0 aromatic heterocycles. The first kappa shape index (κ1) is 20.2. The van der Waals surface area contributed by atoms with Gasteiger partial charge in [-0.15, -0.1) is 0 Å². The van der Waals surface area contributed by atoms with Crippen molar-refractivity contribution in [2.24, 2.45) is 5.92 Å². The van der Waals surface area contributed by atoms with Crippen molar-refractivity contribution in [1.82, 2.24) is 9.80 Å². The Kier molecular flexibility index (Phi) is 5.90. The highest BCUT2D eigenvalue weighted by Crippen LogP contribution is 2.25. The number of carbonyl (C=O) groups is 3. The van der Waals surface area contributed by atoms with Gasteiger partial charge in [-0.3, -0.25) is 14.4 Å². The maximum atomic E-state index is 12.5. The Labute approximate surface area is 160 Å². The van der Waals surface area contributed by atoms with Gasteiger partial charge >= 0.3 is 12.1 Å². The second-order valence-electron chi connectivity index (χ2n) is 7.13. The second kappa shape index (κ2) is 8.20. The highest BCUT2D eigenvalue weighted by molar-refractivity contribution is 5.98. The Morgan fingerprint density at radius 1 is 0.964 bits per heavy atom. The summed E-state index contributed by atoms with van der Waals surface area (Å²) in [6.45, 7) is 1.24. The zero-order chi connectivity index (χ0) is 20.3. The number of amides is 3. The molecule has 2 aliphatic rings. The first-order valence-corrected chi connectivity index (χ1v) is 9.32. The van der Waals surface area contributed by atoms with E-state index in [9.17, 15) is 27.6 Å².